The molecule has 1 aliphatic carbocycles. The zero-order valence-corrected chi connectivity index (χ0v) is 23.4. The number of hydrogen-bond acceptors (Lipinski definition) is 7. The Hall–Kier alpha value is -3.53. The Morgan fingerprint density at radius 3 is 2.62 bits per heavy atom. The van der Waals surface area contributed by atoms with Crippen molar-refractivity contribution in [2.24, 2.45) is 0 Å². The summed E-state index contributed by atoms with van der Waals surface area (Å²) in [6.07, 6.45) is 5.00. The zero-order valence-electron chi connectivity index (χ0n) is 22.6. The van der Waals surface area contributed by atoms with Crippen molar-refractivity contribution < 1.29 is 19.4 Å². The average Bonchev–Trinajstić information content (AvgIpc) is 3.27. The van der Waals surface area contributed by atoms with Gasteiger partial charge in [0.05, 0.1) is 35.2 Å². The first-order chi connectivity index (χ1) is 19.3. The number of ether oxygens (including phenoxy) is 1. The van der Waals surface area contributed by atoms with E-state index in [-0.39, 0.29) is 24.4 Å². The van der Waals surface area contributed by atoms with Gasteiger partial charge in [0.25, 0.3) is 5.91 Å². The first-order valence-corrected chi connectivity index (χ1v) is 14.0. The number of nitrogens with one attached hydrogen (secondary N) is 2. The molecular weight excluding hydrogens is 530 g/mol. The molecule has 0 bridgehead atoms. The van der Waals surface area contributed by atoms with Crippen LogP contribution in [0, 0.1) is 0 Å². The van der Waals surface area contributed by atoms with Gasteiger partial charge in [-0.1, -0.05) is 54.1 Å². The second-order valence-electron chi connectivity index (χ2n) is 10.5. The maximum atomic E-state index is 13.3. The second kappa shape index (κ2) is 12.3. The third kappa shape index (κ3) is 6.27. The van der Waals surface area contributed by atoms with Crippen molar-refractivity contribution in [2.45, 2.75) is 63.4 Å². The predicted molar refractivity (Wildman–Crippen MR) is 153 cm³/mol. The molecule has 1 aliphatic heterocycles. The lowest BCUT2D eigenvalue weighted by Gasteiger charge is -2.28. The molecule has 1 aromatic heterocycles. The lowest BCUT2D eigenvalue weighted by Crippen LogP contribution is -2.41. The molecule has 0 radical (unpaired) electrons. The fourth-order valence-corrected chi connectivity index (χ4v) is 5.64. The van der Waals surface area contributed by atoms with Crippen LogP contribution in [0.4, 0.5) is 5.95 Å². The maximum absolute atomic E-state index is 13.3. The summed E-state index contributed by atoms with van der Waals surface area (Å²) in [5.41, 5.74) is 3.39. The van der Waals surface area contributed by atoms with Gasteiger partial charge in [0.15, 0.2) is 0 Å². The summed E-state index contributed by atoms with van der Waals surface area (Å²) in [7, 11) is 1.75. The molecule has 2 atom stereocenters. The molecule has 10 heteroatoms. The second-order valence-corrected chi connectivity index (χ2v) is 10.9. The molecule has 210 valence electrons. The number of aliphatic hydroxyl groups excluding tert-OH is 1. The number of carbonyl (C=O) groups excluding carboxylic acids is 2. The van der Waals surface area contributed by atoms with E-state index in [1.807, 2.05) is 42.5 Å². The van der Waals surface area contributed by atoms with Crippen LogP contribution >= 0.6 is 11.6 Å². The lowest BCUT2D eigenvalue weighted by molar-refractivity contribution is -0.123. The highest BCUT2D eigenvalue weighted by atomic mass is 35.5. The van der Waals surface area contributed by atoms with Gasteiger partial charge in [-0.25, -0.2) is 9.97 Å². The number of fused-ring (bicyclic) bond motifs is 1. The number of aliphatic hydroxyl groups is 1. The van der Waals surface area contributed by atoms with Gasteiger partial charge in [0, 0.05) is 30.8 Å². The van der Waals surface area contributed by atoms with Crippen LogP contribution in [0.2, 0.25) is 5.02 Å². The van der Waals surface area contributed by atoms with Crippen LogP contribution < -0.4 is 10.6 Å². The van der Waals surface area contributed by atoms with E-state index in [0.717, 1.165) is 36.8 Å². The Kier molecular flexibility index (Phi) is 8.63. The van der Waals surface area contributed by atoms with E-state index in [1.54, 1.807) is 26.3 Å². The molecule has 3 aromatic rings. The summed E-state index contributed by atoms with van der Waals surface area (Å²) in [5, 5.41) is 16.9. The normalized spacial score (nSPS) is 20.1. The van der Waals surface area contributed by atoms with Gasteiger partial charge in [-0.3, -0.25) is 9.59 Å². The molecule has 2 amide bonds. The molecule has 0 saturated heterocycles. The molecule has 2 heterocycles. The highest BCUT2D eigenvalue weighted by Crippen LogP contribution is 2.32. The highest BCUT2D eigenvalue weighted by molar-refractivity contribution is 6.33. The first-order valence-electron chi connectivity index (χ1n) is 13.6. The number of halogens is 1. The van der Waals surface area contributed by atoms with Gasteiger partial charge in [-0.2, -0.15) is 0 Å². The van der Waals surface area contributed by atoms with Crippen LogP contribution in [0.5, 0.6) is 0 Å². The van der Waals surface area contributed by atoms with E-state index < -0.39 is 12.1 Å². The third-order valence-electron chi connectivity index (χ3n) is 7.64. The number of aromatic nitrogens is 2. The Balaban J connectivity index is 1.26. The summed E-state index contributed by atoms with van der Waals surface area (Å²) in [6, 6.07) is 14.5. The van der Waals surface area contributed by atoms with E-state index >= 15 is 0 Å². The van der Waals surface area contributed by atoms with Crippen LogP contribution in [0.15, 0.2) is 54.7 Å². The molecule has 0 spiro atoms. The van der Waals surface area contributed by atoms with Crippen LogP contribution in [-0.2, 0) is 16.1 Å². The summed E-state index contributed by atoms with van der Waals surface area (Å²) < 4.78 is 5.46. The van der Waals surface area contributed by atoms with Gasteiger partial charge in [-0.15, -0.1) is 0 Å². The minimum absolute atomic E-state index is 0.119. The smallest absolute Gasteiger partial charge is 0.254 e. The van der Waals surface area contributed by atoms with Gasteiger partial charge in [0.1, 0.15) is 6.54 Å². The molecule has 9 nitrogen and oxygen atoms in total. The van der Waals surface area contributed by atoms with E-state index in [9.17, 15) is 14.7 Å². The molecule has 1 fully saturated rings. The van der Waals surface area contributed by atoms with Crippen molar-refractivity contribution in [2.75, 3.05) is 19.0 Å². The van der Waals surface area contributed by atoms with Crippen LogP contribution in [0.25, 0.3) is 11.3 Å². The minimum Gasteiger partial charge on any atom is -0.391 e. The number of carbonyl (C=O) groups is 2. The van der Waals surface area contributed by atoms with E-state index in [0.29, 0.717) is 40.4 Å². The Morgan fingerprint density at radius 2 is 1.93 bits per heavy atom. The Bertz CT molecular complexity index is 1360. The quantitative estimate of drug-likeness (QED) is 0.354. The summed E-state index contributed by atoms with van der Waals surface area (Å²) in [4.78, 5) is 36.7. The molecule has 5 rings (SSSR count). The molecule has 40 heavy (non-hydrogen) atoms. The number of hydrogen-bond donors (Lipinski definition) is 3. The summed E-state index contributed by atoms with van der Waals surface area (Å²) in [6.45, 7) is 1.83. The average molecular weight is 564 g/mol. The maximum Gasteiger partial charge on any atom is 0.254 e. The molecule has 3 N–H and O–H groups in total. The van der Waals surface area contributed by atoms with Gasteiger partial charge in [-0.05, 0) is 49.8 Å². The number of benzene rings is 2. The summed E-state index contributed by atoms with van der Waals surface area (Å²) >= 11 is 6.48. The number of methoxy groups -OCH3 is 1. The summed E-state index contributed by atoms with van der Waals surface area (Å²) in [5.74, 6) is -0.0829. The number of rotatable bonds is 9. The van der Waals surface area contributed by atoms with Crippen LogP contribution in [0.1, 0.15) is 60.1 Å². The fraction of sp³-hybridized carbons (Fsp3) is 0.400. The Labute approximate surface area is 238 Å². The van der Waals surface area contributed by atoms with E-state index in [4.69, 9.17) is 16.3 Å². The van der Waals surface area contributed by atoms with Crippen molar-refractivity contribution in [3.8, 4) is 11.3 Å². The molecule has 2 unspecified atom stereocenters. The predicted octanol–water partition coefficient (Wildman–Crippen LogP) is 4.36. The Morgan fingerprint density at radius 1 is 1.18 bits per heavy atom. The molecule has 1 saturated carbocycles. The third-order valence-corrected chi connectivity index (χ3v) is 7.92. The van der Waals surface area contributed by atoms with Gasteiger partial charge in [0.2, 0.25) is 11.9 Å². The van der Waals surface area contributed by atoms with Crippen molar-refractivity contribution in [1.82, 2.24) is 20.2 Å². The SMILES string of the molecule is COC1CCC(Nc2ncc(Cl)c(-c3ccc4c(c3)C(=O)N(CC(=O)NC(c3ccccc3)C(C)O)C4)n2)CC1. The number of nitrogens with zero attached hydrogens (tertiary/aromatic N) is 3. The molecular formula is C30H34ClN5O4. The van der Waals surface area contributed by atoms with Crippen molar-refractivity contribution >= 4 is 29.4 Å². The van der Waals surface area contributed by atoms with Crippen LogP contribution in [-0.4, -0.2) is 63.7 Å². The number of amides is 2. The molecule has 2 aromatic carbocycles. The van der Waals surface area contributed by atoms with Gasteiger partial charge < -0.3 is 25.4 Å². The largest absolute Gasteiger partial charge is 0.391 e. The van der Waals surface area contributed by atoms with Crippen molar-refractivity contribution in [3.05, 3.63) is 76.4 Å². The van der Waals surface area contributed by atoms with Crippen LogP contribution in [0.3, 0.4) is 0 Å². The van der Waals surface area contributed by atoms with E-state index in [1.165, 1.54) is 4.90 Å². The fourth-order valence-electron chi connectivity index (χ4n) is 5.44. The number of anilines is 1. The standard InChI is InChI=1S/C30H34ClN5O4/c1-18(37)27(19-6-4-3-5-7-19)34-26(38)17-36-16-21-9-8-20(14-24(21)29(36)39)28-25(31)15-32-30(35-28)33-22-10-12-23(40-2)13-11-22/h3-9,14-15,18,22-23,27,37H,10-13,16-17H2,1-2H3,(H,34,38)(H,32,33,35). The highest BCUT2D eigenvalue weighted by Gasteiger charge is 2.31. The first kappa shape index (κ1) is 28.0. The van der Waals surface area contributed by atoms with E-state index in [2.05, 4.69) is 20.6 Å². The van der Waals surface area contributed by atoms with Gasteiger partial charge >= 0.3 is 0 Å². The topological polar surface area (TPSA) is 117 Å². The monoisotopic (exact) mass is 563 g/mol. The molecule has 2 aliphatic rings. The van der Waals surface area contributed by atoms with Crippen molar-refractivity contribution in [3.63, 3.8) is 0 Å². The zero-order chi connectivity index (χ0) is 28.2. The minimum atomic E-state index is -0.794. The lowest BCUT2D eigenvalue weighted by atomic mass is 9.93. The van der Waals surface area contributed by atoms with Crippen molar-refractivity contribution in [1.29, 1.82) is 0 Å².